The predicted molar refractivity (Wildman–Crippen MR) is 56.6 cm³/mol. The van der Waals surface area contributed by atoms with Crippen LogP contribution in [0, 0.1) is 0 Å². The number of hydrogen-bond acceptors (Lipinski definition) is 3. The number of aldehydes is 1. The first kappa shape index (κ1) is 9.73. The van der Waals surface area contributed by atoms with Gasteiger partial charge in [-0.3, -0.25) is 9.59 Å². The molecular formula is C10H6ClNO3. The van der Waals surface area contributed by atoms with Crippen molar-refractivity contribution >= 4 is 28.8 Å². The van der Waals surface area contributed by atoms with E-state index in [0.717, 1.165) is 0 Å². The summed E-state index contributed by atoms with van der Waals surface area (Å²) in [6, 6.07) is 4.25. The molecule has 5 heteroatoms. The zero-order chi connectivity index (χ0) is 11.0. The number of pyridine rings is 1. The Morgan fingerprint density at radius 2 is 2.07 bits per heavy atom. The fraction of sp³-hybridized carbons (Fsp3) is 0. The molecule has 2 N–H and O–H groups in total. The van der Waals surface area contributed by atoms with E-state index < -0.39 is 5.56 Å². The second kappa shape index (κ2) is 3.40. The molecule has 0 spiro atoms. The average Bonchev–Trinajstić information content (AvgIpc) is 2.20. The molecule has 1 heterocycles. The van der Waals surface area contributed by atoms with Gasteiger partial charge >= 0.3 is 0 Å². The van der Waals surface area contributed by atoms with Crippen molar-refractivity contribution in [2.24, 2.45) is 0 Å². The second-order valence-corrected chi connectivity index (χ2v) is 3.47. The maximum Gasteiger partial charge on any atom is 0.259 e. The van der Waals surface area contributed by atoms with Crippen molar-refractivity contribution in [3.05, 3.63) is 39.1 Å². The highest BCUT2D eigenvalue weighted by molar-refractivity contribution is 6.32. The largest absolute Gasteiger partial charge is 0.506 e. The first-order valence-electron chi connectivity index (χ1n) is 4.12. The molecule has 15 heavy (non-hydrogen) atoms. The third kappa shape index (κ3) is 1.59. The Morgan fingerprint density at radius 1 is 1.33 bits per heavy atom. The predicted octanol–water partition coefficient (Wildman–Crippen LogP) is 1.70. The minimum Gasteiger partial charge on any atom is -0.506 e. The average molecular weight is 224 g/mol. The summed E-state index contributed by atoms with van der Waals surface area (Å²) < 4.78 is 0. The van der Waals surface area contributed by atoms with Gasteiger partial charge in [-0.1, -0.05) is 11.6 Å². The summed E-state index contributed by atoms with van der Waals surface area (Å²) in [7, 11) is 0. The summed E-state index contributed by atoms with van der Waals surface area (Å²) in [5.74, 6) is -0.112. The van der Waals surface area contributed by atoms with Gasteiger partial charge in [-0.2, -0.15) is 0 Å². The van der Waals surface area contributed by atoms with Crippen LogP contribution in [0.4, 0.5) is 0 Å². The van der Waals surface area contributed by atoms with E-state index in [-0.39, 0.29) is 16.3 Å². The van der Waals surface area contributed by atoms with Crippen LogP contribution in [0.25, 0.3) is 10.9 Å². The Kier molecular flexibility index (Phi) is 2.21. The van der Waals surface area contributed by atoms with Gasteiger partial charge in [-0.05, 0) is 12.1 Å². The normalized spacial score (nSPS) is 10.5. The number of carbonyl (C=O) groups is 1. The first-order valence-corrected chi connectivity index (χ1v) is 4.50. The van der Waals surface area contributed by atoms with Crippen molar-refractivity contribution in [1.82, 2.24) is 4.98 Å². The first-order chi connectivity index (χ1) is 7.11. The zero-order valence-electron chi connectivity index (χ0n) is 7.45. The number of hydrogen-bond donors (Lipinski definition) is 2. The molecule has 2 aromatic rings. The Bertz CT molecular complexity index is 603. The van der Waals surface area contributed by atoms with Crippen molar-refractivity contribution < 1.29 is 9.90 Å². The van der Waals surface area contributed by atoms with E-state index in [1.165, 1.54) is 18.2 Å². The van der Waals surface area contributed by atoms with Crippen LogP contribution in [0.15, 0.2) is 23.0 Å². The SMILES string of the molecule is O=Cc1cc2cc(Cl)c(O)cc2[nH]c1=O. The van der Waals surface area contributed by atoms with Crippen molar-refractivity contribution in [3.8, 4) is 5.75 Å². The number of phenolic OH excluding ortho intramolecular Hbond substituents is 1. The zero-order valence-corrected chi connectivity index (χ0v) is 8.21. The van der Waals surface area contributed by atoms with Crippen LogP contribution in [0.1, 0.15) is 10.4 Å². The molecule has 0 atom stereocenters. The molecule has 0 aliphatic carbocycles. The molecule has 0 saturated heterocycles. The summed E-state index contributed by atoms with van der Waals surface area (Å²) in [5.41, 5.74) is -0.0176. The van der Waals surface area contributed by atoms with Crippen molar-refractivity contribution in [2.45, 2.75) is 0 Å². The van der Waals surface area contributed by atoms with Gasteiger partial charge in [0.2, 0.25) is 0 Å². The number of halogens is 1. The number of H-pyrrole nitrogens is 1. The van der Waals surface area contributed by atoms with Crippen molar-refractivity contribution in [2.75, 3.05) is 0 Å². The quantitative estimate of drug-likeness (QED) is 0.723. The summed E-state index contributed by atoms with van der Waals surface area (Å²) >= 11 is 5.69. The molecule has 1 aromatic carbocycles. The van der Waals surface area contributed by atoms with E-state index in [2.05, 4.69) is 4.98 Å². The number of benzene rings is 1. The van der Waals surface area contributed by atoms with Crippen molar-refractivity contribution in [1.29, 1.82) is 0 Å². The van der Waals surface area contributed by atoms with Crippen LogP contribution in [0.3, 0.4) is 0 Å². The number of aromatic nitrogens is 1. The number of phenols is 1. The summed E-state index contributed by atoms with van der Waals surface area (Å²) in [6.45, 7) is 0. The van der Waals surface area contributed by atoms with E-state index in [4.69, 9.17) is 11.6 Å². The molecule has 0 saturated carbocycles. The molecular weight excluding hydrogens is 218 g/mol. The van der Waals surface area contributed by atoms with Gasteiger partial charge in [0, 0.05) is 11.5 Å². The lowest BCUT2D eigenvalue weighted by molar-refractivity contribution is 0.112. The van der Waals surface area contributed by atoms with Crippen LogP contribution in [-0.4, -0.2) is 16.4 Å². The Balaban J connectivity index is 2.88. The lowest BCUT2D eigenvalue weighted by atomic mass is 10.1. The smallest absolute Gasteiger partial charge is 0.259 e. The molecule has 0 bridgehead atoms. The van der Waals surface area contributed by atoms with Crippen LogP contribution in [0.5, 0.6) is 5.75 Å². The third-order valence-electron chi connectivity index (χ3n) is 2.07. The number of carbonyl (C=O) groups excluding carboxylic acids is 1. The van der Waals surface area contributed by atoms with Gasteiger partial charge in [0.15, 0.2) is 6.29 Å². The highest BCUT2D eigenvalue weighted by atomic mass is 35.5. The van der Waals surface area contributed by atoms with Crippen LogP contribution in [-0.2, 0) is 0 Å². The highest BCUT2D eigenvalue weighted by Crippen LogP contribution is 2.27. The van der Waals surface area contributed by atoms with Crippen LogP contribution < -0.4 is 5.56 Å². The third-order valence-corrected chi connectivity index (χ3v) is 2.37. The topological polar surface area (TPSA) is 70.2 Å². The standard InChI is InChI=1S/C10H6ClNO3/c11-7-2-5-1-6(4-13)10(15)12-8(5)3-9(7)14/h1-4,14H,(H,12,15). The van der Waals surface area contributed by atoms with Crippen LogP contribution in [0.2, 0.25) is 5.02 Å². The number of nitrogens with one attached hydrogen (secondary N) is 1. The Labute approximate surface area is 89.1 Å². The lowest BCUT2D eigenvalue weighted by Crippen LogP contribution is -2.11. The Hall–Kier alpha value is -1.81. The molecule has 76 valence electrons. The van der Waals surface area contributed by atoms with Gasteiger partial charge < -0.3 is 10.1 Å². The van der Waals surface area contributed by atoms with Gasteiger partial charge in [0.05, 0.1) is 16.1 Å². The second-order valence-electron chi connectivity index (χ2n) is 3.06. The van der Waals surface area contributed by atoms with E-state index in [0.29, 0.717) is 17.2 Å². The van der Waals surface area contributed by atoms with Crippen LogP contribution >= 0.6 is 11.6 Å². The summed E-state index contributed by atoms with van der Waals surface area (Å²) in [4.78, 5) is 24.3. The highest BCUT2D eigenvalue weighted by Gasteiger charge is 2.05. The molecule has 1 aromatic heterocycles. The minimum atomic E-state index is -0.487. The fourth-order valence-corrected chi connectivity index (χ4v) is 1.49. The number of aromatic hydroxyl groups is 1. The number of fused-ring (bicyclic) bond motifs is 1. The molecule has 0 radical (unpaired) electrons. The molecule has 0 amide bonds. The van der Waals surface area contributed by atoms with E-state index >= 15 is 0 Å². The minimum absolute atomic E-state index is 0.0317. The molecule has 4 nitrogen and oxygen atoms in total. The summed E-state index contributed by atoms with van der Waals surface area (Å²) in [5, 5.41) is 10.1. The summed E-state index contributed by atoms with van der Waals surface area (Å²) in [6.07, 6.45) is 0.471. The monoisotopic (exact) mass is 223 g/mol. The fourth-order valence-electron chi connectivity index (χ4n) is 1.32. The van der Waals surface area contributed by atoms with Gasteiger partial charge in [0.25, 0.3) is 5.56 Å². The lowest BCUT2D eigenvalue weighted by Gasteiger charge is -2.01. The molecule has 0 aliphatic heterocycles. The molecule has 0 unspecified atom stereocenters. The molecule has 0 fully saturated rings. The van der Waals surface area contributed by atoms with E-state index in [9.17, 15) is 14.7 Å². The maximum atomic E-state index is 11.3. The molecule has 0 aliphatic rings. The Morgan fingerprint density at radius 3 is 2.73 bits per heavy atom. The maximum absolute atomic E-state index is 11.3. The van der Waals surface area contributed by atoms with E-state index in [1.807, 2.05) is 0 Å². The number of aromatic amines is 1. The van der Waals surface area contributed by atoms with Gasteiger partial charge in [-0.15, -0.1) is 0 Å². The van der Waals surface area contributed by atoms with Crippen molar-refractivity contribution in [3.63, 3.8) is 0 Å². The van der Waals surface area contributed by atoms with Gasteiger partial charge in [-0.25, -0.2) is 0 Å². The number of rotatable bonds is 1. The van der Waals surface area contributed by atoms with E-state index in [1.54, 1.807) is 0 Å². The van der Waals surface area contributed by atoms with Gasteiger partial charge in [0.1, 0.15) is 5.75 Å². The molecule has 2 rings (SSSR count).